The smallest absolute Gasteiger partial charge is 0.160 e. The second kappa shape index (κ2) is 6.38. The summed E-state index contributed by atoms with van der Waals surface area (Å²) in [4.78, 5) is 4.74. The molecule has 6 nitrogen and oxygen atoms in total. The van der Waals surface area contributed by atoms with Crippen molar-refractivity contribution in [1.29, 1.82) is 0 Å². The Bertz CT molecular complexity index is 1030. The van der Waals surface area contributed by atoms with Crippen LogP contribution in [0.5, 0.6) is 0 Å². The van der Waals surface area contributed by atoms with Crippen LogP contribution in [0.15, 0.2) is 61.1 Å². The molecule has 1 aliphatic rings. The van der Waals surface area contributed by atoms with E-state index < -0.39 is 0 Å². The third-order valence-electron chi connectivity index (χ3n) is 4.94. The number of nitrogens with zero attached hydrogens (tertiary/aromatic N) is 5. The molecule has 0 saturated carbocycles. The van der Waals surface area contributed by atoms with Gasteiger partial charge in [0.1, 0.15) is 0 Å². The molecule has 3 aromatic heterocycles. The monoisotopic (exact) mass is 345 g/mol. The summed E-state index contributed by atoms with van der Waals surface area (Å²) in [6, 6.07) is 16.3. The molecule has 4 heterocycles. The van der Waals surface area contributed by atoms with E-state index in [9.17, 15) is 0 Å². The van der Waals surface area contributed by atoms with Crippen LogP contribution in [0.3, 0.4) is 0 Å². The quantitative estimate of drug-likeness (QED) is 0.570. The molecule has 130 valence electrons. The van der Waals surface area contributed by atoms with Crippen LogP contribution in [-0.4, -0.2) is 37.4 Å². The number of hydrogen-bond donors (Lipinski definition) is 0. The highest BCUT2D eigenvalue weighted by atomic mass is 16.5. The predicted octanol–water partition coefficient (Wildman–Crippen LogP) is 3.15. The maximum absolute atomic E-state index is 5.66. The Labute approximate surface area is 151 Å². The van der Waals surface area contributed by atoms with Crippen LogP contribution in [0.25, 0.3) is 16.9 Å². The largest absolute Gasteiger partial charge is 0.381 e. The van der Waals surface area contributed by atoms with Crippen molar-refractivity contribution in [2.75, 3.05) is 13.2 Å². The lowest BCUT2D eigenvalue weighted by Crippen LogP contribution is -2.11. The average Bonchev–Trinajstić information content (AvgIpc) is 3.43. The number of imidazole rings is 1. The van der Waals surface area contributed by atoms with Gasteiger partial charge in [0.2, 0.25) is 0 Å². The fourth-order valence-electron chi connectivity index (χ4n) is 3.67. The molecule has 0 N–H and O–H groups in total. The highest BCUT2D eigenvalue weighted by molar-refractivity contribution is 5.62. The van der Waals surface area contributed by atoms with Crippen molar-refractivity contribution in [2.45, 2.75) is 18.9 Å². The van der Waals surface area contributed by atoms with Crippen LogP contribution in [0, 0.1) is 0 Å². The molecule has 0 spiro atoms. The van der Waals surface area contributed by atoms with Crippen molar-refractivity contribution in [1.82, 2.24) is 24.1 Å². The van der Waals surface area contributed by atoms with Gasteiger partial charge in [-0.25, -0.2) is 4.98 Å². The summed E-state index contributed by atoms with van der Waals surface area (Å²) in [6.45, 7) is 2.18. The standard InChI is InChI=1S/C20H19N5O/c1-2-6-15(7-3-1)19-20(16-9-11-26-13-16)24(14-21-19)12-18-23-22-17-8-4-5-10-25(17)18/h1-8,10,14,16H,9,11-13H2/t16-/m1/s1. The maximum atomic E-state index is 5.66. The number of hydrogen-bond acceptors (Lipinski definition) is 4. The molecule has 1 aromatic carbocycles. The number of aromatic nitrogens is 5. The van der Waals surface area contributed by atoms with Gasteiger partial charge >= 0.3 is 0 Å². The summed E-state index contributed by atoms with van der Waals surface area (Å²) >= 11 is 0. The van der Waals surface area contributed by atoms with Crippen molar-refractivity contribution < 1.29 is 4.74 Å². The fraction of sp³-hybridized carbons (Fsp3) is 0.250. The molecule has 1 aliphatic heterocycles. The van der Waals surface area contributed by atoms with Gasteiger partial charge in [-0.3, -0.25) is 4.40 Å². The summed E-state index contributed by atoms with van der Waals surface area (Å²) in [6.07, 6.45) is 4.93. The number of ether oxygens (including phenoxy) is 1. The first kappa shape index (κ1) is 15.3. The normalized spacial score (nSPS) is 17.2. The van der Waals surface area contributed by atoms with Gasteiger partial charge in [0.15, 0.2) is 11.5 Å². The molecule has 0 amide bonds. The lowest BCUT2D eigenvalue weighted by atomic mass is 9.99. The van der Waals surface area contributed by atoms with E-state index in [1.54, 1.807) is 0 Å². The van der Waals surface area contributed by atoms with Gasteiger partial charge in [-0.1, -0.05) is 36.4 Å². The van der Waals surface area contributed by atoms with Gasteiger partial charge in [0, 0.05) is 24.3 Å². The van der Waals surface area contributed by atoms with Crippen LogP contribution in [0.1, 0.15) is 23.9 Å². The van der Waals surface area contributed by atoms with Crippen molar-refractivity contribution in [3.63, 3.8) is 0 Å². The van der Waals surface area contributed by atoms with Crippen molar-refractivity contribution in [2.24, 2.45) is 0 Å². The van der Waals surface area contributed by atoms with E-state index in [-0.39, 0.29) is 0 Å². The molecule has 0 aliphatic carbocycles. The van der Waals surface area contributed by atoms with Crippen LogP contribution in [0.4, 0.5) is 0 Å². The maximum Gasteiger partial charge on any atom is 0.160 e. The summed E-state index contributed by atoms with van der Waals surface area (Å²) in [7, 11) is 0. The number of pyridine rings is 1. The highest BCUT2D eigenvalue weighted by Gasteiger charge is 2.26. The first-order valence-corrected chi connectivity index (χ1v) is 8.87. The molecular formula is C20H19N5O. The number of fused-ring (bicyclic) bond motifs is 1. The van der Waals surface area contributed by atoms with Crippen LogP contribution in [0.2, 0.25) is 0 Å². The third-order valence-corrected chi connectivity index (χ3v) is 4.94. The van der Waals surface area contributed by atoms with Crippen LogP contribution in [-0.2, 0) is 11.3 Å². The topological polar surface area (TPSA) is 57.2 Å². The molecule has 0 radical (unpaired) electrons. The number of rotatable bonds is 4. The number of benzene rings is 1. The molecule has 0 unspecified atom stereocenters. The van der Waals surface area contributed by atoms with Gasteiger partial charge < -0.3 is 9.30 Å². The minimum Gasteiger partial charge on any atom is -0.381 e. The predicted molar refractivity (Wildman–Crippen MR) is 97.9 cm³/mol. The summed E-state index contributed by atoms with van der Waals surface area (Å²) in [5, 5.41) is 8.63. The minimum atomic E-state index is 0.354. The zero-order valence-corrected chi connectivity index (χ0v) is 14.3. The van der Waals surface area contributed by atoms with E-state index in [2.05, 4.69) is 39.0 Å². The van der Waals surface area contributed by atoms with Gasteiger partial charge in [0.05, 0.1) is 30.9 Å². The van der Waals surface area contributed by atoms with Gasteiger partial charge in [-0.15, -0.1) is 10.2 Å². The SMILES string of the molecule is c1ccc(-c2ncn(Cc3nnc4ccccn34)c2[C@@H]2CCOC2)cc1. The highest BCUT2D eigenvalue weighted by Crippen LogP contribution is 2.33. The van der Waals surface area contributed by atoms with E-state index >= 15 is 0 Å². The van der Waals surface area contributed by atoms with Crippen LogP contribution < -0.4 is 0 Å². The van der Waals surface area contributed by atoms with Crippen LogP contribution >= 0.6 is 0 Å². The minimum absolute atomic E-state index is 0.354. The molecule has 0 bridgehead atoms. The molecule has 6 heteroatoms. The first-order valence-electron chi connectivity index (χ1n) is 8.87. The van der Waals surface area contributed by atoms with Gasteiger partial charge in [-0.05, 0) is 18.6 Å². The van der Waals surface area contributed by atoms with E-state index in [4.69, 9.17) is 9.72 Å². The van der Waals surface area contributed by atoms with Gasteiger partial charge in [-0.2, -0.15) is 0 Å². The molecule has 4 aromatic rings. The molecular weight excluding hydrogens is 326 g/mol. The fourth-order valence-corrected chi connectivity index (χ4v) is 3.67. The lowest BCUT2D eigenvalue weighted by molar-refractivity contribution is 0.193. The summed E-state index contributed by atoms with van der Waals surface area (Å²) < 4.78 is 9.88. The van der Waals surface area contributed by atoms with E-state index in [1.165, 1.54) is 5.69 Å². The summed E-state index contributed by atoms with van der Waals surface area (Å²) in [5.74, 6) is 1.25. The molecule has 26 heavy (non-hydrogen) atoms. The Morgan fingerprint density at radius 3 is 2.77 bits per heavy atom. The Morgan fingerprint density at radius 2 is 1.92 bits per heavy atom. The Hall–Kier alpha value is -2.99. The first-order chi connectivity index (χ1) is 12.9. The average molecular weight is 345 g/mol. The Morgan fingerprint density at radius 1 is 1.04 bits per heavy atom. The van der Waals surface area contributed by atoms with E-state index in [1.807, 2.05) is 41.2 Å². The third kappa shape index (κ3) is 2.59. The van der Waals surface area contributed by atoms with Crippen molar-refractivity contribution in [3.05, 3.63) is 72.6 Å². The lowest BCUT2D eigenvalue weighted by Gasteiger charge is -2.14. The molecule has 1 fully saturated rings. The van der Waals surface area contributed by atoms with Crippen molar-refractivity contribution >= 4 is 5.65 Å². The molecule has 5 rings (SSSR count). The molecule has 1 saturated heterocycles. The Kier molecular flexibility index (Phi) is 3.75. The van der Waals surface area contributed by atoms with Gasteiger partial charge in [0.25, 0.3) is 0 Å². The Balaban J connectivity index is 1.59. The second-order valence-corrected chi connectivity index (χ2v) is 6.58. The molecule has 1 atom stereocenters. The van der Waals surface area contributed by atoms with E-state index in [0.717, 1.165) is 42.4 Å². The second-order valence-electron chi connectivity index (χ2n) is 6.58. The zero-order valence-electron chi connectivity index (χ0n) is 14.3. The summed E-state index contributed by atoms with van der Waals surface area (Å²) in [5.41, 5.74) is 4.26. The van der Waals surface area contributed by atoms with E-state index in [0.29, 0.717) is 12.5 Å². The zero-order chi connectivity index (χ0) is 17.3. The van der Waals surface area contributed by atoms with Crippen molar-refractivity contribution in [3.8, 4) is 11.3 Å².